The van der Waals surface area contributed by atoms with Crippen LogP contribution in [0.5, 0.6) is 0 Å². The average Bonchev–Trinajstić information content (AvgIpc) is 2.99. The summed E-state index contributed by atoms with van der Waals surface area (Å²) in [5, 5.41) is 2.48. The molecule has 0 atom stereocenters. The molecule has 120 valence electrons. The Morgan fingerprint density at radius 3 is 2.62 bits per heavy atom. The van der Waals surface area contributed by atoms with Crippen LogP contribution in [0.1, 0.15) is 26.3 Å². The van der Waals surface area contributed by atoms with Crippen molar-refractivity contribution in [1.29, 1.82) is 0 Å². The van der Waals surface area contributed by atoms with Gasteiger partial charge in [-0.3, -0.25) is 4.98 Å². The Labute approximate surface area is 142 Å². The van der Waals surface area contributed by atoms with Gasteiger partial charge in [0.25, 0.3) is 0 Å². The molecule has 2 nitrogen and oxygen atoms in total. The predicted octanol–water partition coefficient (Wildman–Crippen LogP) is 5.74. The van der Waals surface area contributed by atoms with Gasteiger partial charge in [-0.25, -0.2) is 0 Å². The van der Waals surface area contributed by atoms with Gasteiger partial charge >= 0.3 is 0 Å². The largest absolute Gasteiger partial charge is 0.323 e. The van der Waals surface area contributed by atoms with Gasteiger partial charge in [-0.1, -0.05) is 45.0 Å². The van der Waals surface area contributed by atoms with E-state index in [2.05, 4.69) is 86.1 Å². The summed E-state index contributed by atoms with van der Waals surface area (Å²) in [7, 11) is 0. The molecular formula is C22H22N2. The van der Waals surface area contributed by atoms with Gasteiger partial charge < -0.3 is 4.40 Å². The summed E-state index contributed by atoms with van der Waals surface area (Å²) >= 11 is 0. The molecular weight excluding hydrogens is 292 g/mol. The molecule has 1 aromatic carbocycles. The van der Waals surface area contributed by atoms with Crippen LogP contribution < -0.4 is 0 Å². The highest BCUT2D eigenvalue weighted by Gasteiger charge is 2.12. The van der Waals surface area contributed by atoms with Crippen LogP contribution in [0, 0.1) is 5.41 Å². The van der Waals surface area contributed by atoms with Gasteiger partial charge in [0.1, 0.15) is 0 Å². The Kier molecular flexibility index (Phi) is 3.42. The maximum atomic E-state index is 4.74. The lowest BCUT2D eigenvalue weighted by atomic mass is 9.88. The molecule has 0 spiro atoms. The molecule has 2 heteroatoms. The molecule has 0 bridgehead atoms. The first-order valence-electron chi connectivity index (χ1n) is 8.44. The molecule has 0 saturated heterocycles. The van der Waals surface area contributed by atoms with E-state index in [1.807, 2.05) is 6.20 Å². The van der Waals surface area contributed by atoms with Gasteiger partial charge in [0.15, 0.2) is 0 Å². The standard InChI is InChI=1S/C22H22N2/c1-22(2,3)13-16-9-10-21(23-14-16)19-8-4-6-17-15-24-11-5-7-18(24)12-20(17)19/h4-12,14-15H,13H2,1-3H3. The van der Waals surface area contributed by atoms with Crippen molar-refractivity contribution in [2.75, 3.05) is 0 Å². The number of pyridine rings is 2. The maximum Gasteiger partial charge on any atom is 0.0708 e. The highest BCUT2D eigenvalue weighted by atomic mass is 14.8. The molecule has 0 aliphatic rings. The maximum absolute atomic E-state index is 4.74. The van der Waals surface area contributed by atoms with Crippen LogP contribution in [-0.2, 0) is 6.42 Å². The van der Waals surface area contributed by atoms with Crippen molar-refractivity contribution in [3.8, 4) is 11.3 Å². The molecule has 0 unspecified atom stereocenters. The highest BCUT2D eigenvalue weighted by molar-refractivity contribution is 5.97. The SMILES string of the molecule is CC(C)(C)Cc1ccc(-c2cccc3cn4cccc4cc23)nc1. The van der Waals surface area contributed by atoms with Crippen molar-refractivity contribution in [1.82, 2.24) is 9.38 Å². The summed E-state index contributed by atoms with van der Waals surface area (Å²) in [6, 6.07) is 17.2. The van der Waals surface area contributed by atoms with Crippen molar-refractivity contribution in [3.63, 3.8) is 0 Å². The molecule has 3 aromatic heterocycles. The molecule has 0 fully saturated rings. The normalized spacial score (nSPS) is 12.1. The van der Waals surface area contributed by atoms with E-state index in [-0.39, 0.29) is 5.41 Å². The zero-order chi connectivity index (χ0) is 16.7. The molecule has 0 aliphatic heterocycles. The third-order valence-electron chi connectivity index (χ3n) is 4.36. The van der Waals surface area contributed by atoms with Crippen molar-refractivity contribution in [3.05, 3.63) is 72.7 Å². The van der Waals surface area contributed by atoms with E-state index in [0.717, 1.165) is 12.1 Å². The van der Waals surface area contributed by atoms with Crippen molar-refractivity contribution >= 4 is 16.3 Å². The zero-order valence-corrected chi connectivity index (χ0v) is 14.5. The predicted molar refractivity (Wildman–Crippen MR) is 101 cm³/mol. The molecule has 0 amide bonds. The van der Waals surface area contributed by atoms with Crippen LogP contribution in [0.3, 0.4) is 0 Å². The lowest BCUT2D eigenvalue weighted by molar-refractivity contribution is 0.411. The Morgan fingerprint density at radius 1 is 1.00 bits per heavy atom. The number of aromatic nitrogens is 2. The van der Waals surface area contributed by atoms with Crippen LogP contribution in [0.2, 0.25) is 0 Å². The number of benzene rings is 1. The van der Waals surface area contributed by atoms with Gasteiger partial charge in [0.05, 0.1) is 5.69 Å². The first kappa shape index (κ1) is 14.9. The van der Waals surface area contributed by atoms with Crippen LogP contribution in [0.15, 0.2) is 67.1 Å². The van der Waals surface area contributed by atoms with E-state index in [0.29, 0.717) is 0 Å². The fourth-order valence-electron chi connectivity index (χ4n) is 3.33. The molecule has 4 rings (SSSR count). The Bertz CT molecular complexity index is 1000. The first-order valence-corrected chi connectivity index (χ1v) is 8.44. The fourth-order valence-corrected chi connectivity index (χ4v) is 3.33. The second-order valence-electron chi connectivity index (χ2n) is 7.71. The smallest absolute Gasteiger partial charge is 0.0708 e. The molecule has 3 heterocycles. The van der Waals surface area contributed by atoms with E-state index in [1.54, 1.807) is 0 Å². The number of fused-ring (bicyclic) bond motifs is 2. The summed E-state index contributed by atoms with van der Waals surface area (Å²) in [4.78, 5) is 4.74. The van der Waals surface area contributed by atoms with E-state index in [1.165, 1.54) is 27.4 Å². The summed E-state index contributed by atoms with van der Waals surface area (Å²) in [6.07, 6.45) is 7.33. The summed E-state index contributed by atoms with van der Waals surface area (Å²) < 4.78 is 2.16. The molecule has 0 saturated carbocycles. The third-order valence-corrected chi connectivity index (χ3v) is 4.36. The number of hydrogen-bond donors (Lipinski definition) is 0. The van der Waals surface area contributed by atoms with Crippen LogP contribution >= 0.6 is 0 Å². The van der Waals surface area contributed by atoms with Crippen LogP contribution in [0.4, 0.5) is 0 Å². The van der Waals surface area contributed by atoms with E-state index in [9.17, 15) is 0 Å². The summed E-state index contributed by atoms with van der Waals surface area (Å²) in [6.45, 7) is 6.77. The van der Waals surface area contributed by atoms with Gasteiger partial charge in [-0.05, 0) is 52.4 Å². The van der Waals surface area contributed by atoms with E-state index in [4.69, 9.17) is 4.98 Å². The quantitative estimate of drug-likeness (QED) is 0.461. The highest BCUT2D eigenvalue weighted by Crippen LogP contribution is 2.29. The molecule has 0 radical (unpaired) electrons. The van der Waals surface area contributed by atoms with Crippen LogP contribution in [-0.4, -0.2) is 9.38 Å². The van der Waals surface area contributed by atoms with Gasteiger partial charge in [0, 0.05) is 29.7 Å². The summed E-state index contributed by atoms with van der Waals surface area (Å²) in [5.74, 6) is 0. The number of hydrogen-bond acceptors (Lipinski definition) is 1. The van der Waals surface area contributed by atoms with Gasteiger partial charge in [0.2, 0.25) is 0 Å². The Morgan fingerprint density at radius 2 is 1.88 bits per heavy atom. The molecule has 24 heavy (non-hydrogen) atoms. The van der Waals surface area contributed by atoms with Crippen molar-refractivity contribution in [2.45, 2.75) is 27.2 Å². The second kappa shape index (κ2) is 5.48. The molecule has 0 aliphatic carbocycles. The number of nitrogens with zero attached hydrogens (tertiary/aromatic N) is 2. The number of rotatable bonds is 2. The van der Waals surface area contributed by atoms with E-state index < -0.39 is 0 Å². The minimum atomic E-state index is 0.281. The topological polar surface area (TPSA) is 17.3 Å². The summed E-state index contributed by atoms with van der Waals surface area (Å²) in [5.41, 5.74) is 5.01. The third kappa shape index (κ3) is 2.80. The molecule has 4 aromatic rings. The molecule has 0 N–H and O–H groups in total. The van der Waals surface area contributed by atoms with E-state index >= 15 is 0 Å². The fraction of sp³-hybridized carbons (Fsp3) is 0.227. The average molecular weight is 314 g/mol. The second-order valence-corrected chi connectivity index (χ2v) is 7.71. The monoisotopic (exact) mass is 314 g/mol. The Balaban J connectivity index is 1.80. The lowest BCUT2D eigenvalue weighted by Crippen LogP contribution is -2.09. The lowest BCUT2D eigenvalue weighted by Gasteiger charge is -2.18. The van der Waals surface area contributed by atoms with Gasteiger partial charge in [-0.2, -0.15) is 0 Å². The Hall–Kier alpha value is -2.61. The van der Waals surface area contributed by atoms with Crippen LogP contribution in [0.25, 0.3) is 27.5 Å². The zero-order valence-electron chi connectivity index (χ0n) is 14.5. The van der Waals surface area contributed by atoms with Gasteiger partial charge in [-0.15, -0.1) is 0 Å². The van der Waals surface area contributed by atoms with Crippen molar-refractivity contribution < 1.29 is 0 Å². The minimum Gasteiger partial charge on any atom is -0.323 e. The minimum absolute atomic E-state index is 0.281. The first-order chi connectivity index (χ1) is 11.5. The van der Waals surface area contributed by atoms with Crippen molar-refractivity contribution in [2.24, 2.45) is 5.41 Å².